The first-order chi connectivity index (χ1) is 20.7. The molecule has 0 saturated carbocycles. The van der Waals surface area contributed by atoms with Crippen LogP contribution < -0.4 is 16.0 Å². The summed E-state index contributed by atoms with van der Waals surface area (Å²) in [5, 5.41) is 19.7. The number of aryl methyl sites for hydroxylation is 1. The van der Waals surface area contributed by atoms with Crippen LogP contribution in [0.4, 0.5) is 5.82 Å². The van der Waals surface area contributed by atoms with E-state index >= 15 is 0 Å². The third kappa shape index (κ3) is 10.6. The molecule has 44 heavy (non-hydrogen) atoms. The third-order valence-corrected chi connectivity index (χ3v) is 6.61. The quantitative estimate of drug-likeness (QED) is 0.149. The summed E-state index contributed by atoms with van der Waals surface area (Å²) in [6, 6.07) is 7.69. The lowest BCUT2D eigenvalue weighted by Gasteiger charge is -2.20. The number of imidazole rings is 1. The Hall–Kier alpha value is -4.06. The molecule has 0 atom stereocenters. The first-order valence-electron chi connectivity index (χ1n) is 15.2. The van der Waals surface area contributed by atoms with Crippen molar-refractivity contribution in [2.24, 2.45) is 0 Å². The van der Waals surface area contributed by atoms with Crippen LogP contribution in [0.25, 0.3) is 21.9 Å². The van der Waals surface area contributed by atoms with E-state index in [9.17, 15) is 24.3 Å². The van der Waals surface area contributed by atoms with Crippen LogP contribution in [0.3, 0.4) is 0 Å². The van der Waals surface area contributed by atoms with Gasteiger partial charge in [0.05, 0.1) is 36.1 Å². The van der Waals surface area contributed by atoms with Gasteiger partial charge in [0.1, 0.15) is 16.9 Å². The summed E-state index contributed by atoms with van der Waals surface area (Å²) in [6.45, 7) is 11.4. The Morgan fingerprint density at radius 2 is 1.61 bits per heavy atom. The SMILES string of the molecule is CCc1nc2c(NC(=O)CCCCCNC(=O)CNC(=O)CCC(=O)OC(C)(C)C)nc3ccccc3c2n1CC(C)(C)O. The molecule has 0 aliphatic heterocycles. The number of unbranched alkanes of at least 4 members (excludes halogenated alkanes) is 2. The van der Waals surface area contributed by atoms with Crippen LogP contribution in [0, 0.1) is 0 Å². The number of aliphatic hydroxyl groups is 1. The number of nitrogens with zero attached hydrogens (tertiary/aromatic N) is 3. The number of nitrogens with one attached hydrogen (secondary N) is 3. The van der Waals surface area contributed by atoms with Gasteiger partial charge in [-0.2, -0.15) is 0 Å². The number of aromatic nitrogens is 3. The fourth-order valence-corrected chi connectivity index (χ4v) is 4.74. The van der Waals surface area contributed by atoms with Crippen molar-refractivity contribution in [3.63, 3.8) is 0 Å². The number of hydrogen-bond donors (Lipinski definition) is 4. The van der Waals surface area contributed by atoms with E-state index in [-0.39, 0.29) is 37.6 Å². The Balaban J connectivity index is 1.45. The number of carbonyl (C=O) groups excluding carboxylic acids is 4. The second-order valence-electron chi connectivity index (χ2n) is 12.5. The summed E-state index contributed by atoms with van der Waals surface area (Å²) in [7, 11) is 0. The summed E-state index contributed by atoms with van der Waals surface area (Å²) in [5.74, 6) is -0.162. The van der Waals surface area contributed by atoms with Gasteiger partial charge in [0.25, 0.3) is 0 Å². The molecule has 0 fully saturated rings. The van der Waals surface area contributed by atoms with Crippen LogP contribution in [0.1, 0.15) is 85.9 Å². The zero-order chi connectivity index (χ0) is 32.5. The lowest BCUT2D eigenvalue weighted by Crippen LogP contribution is -2.37. The molecular formula is C32H46N6O6. The van der Waals surface area contributed by atoms with E-state index in [1.807, 2.05) is 35.8 Å². The van der Waals surface area contributed by atoms with Gasteiger partial charge in [-0.25, -0.2) is 9.97 Å². The number of benzene rings is 1. The number of carbonyl (C=O) groups is 4. The number of esters is 1. The predicted molar refractivity (Wildman–Crippen MR) is 169 cm³/mol. The van der Waals surface area contributed by atoms with Crippen LogP contribution in [-0.2, 0) is 36.9 Å². The van der Waals surface area contributed by atoms with E-state index < -0.39 is 23.1 Å². The second-order valence-corrected chi connectivity index (χ2v) is 12.5. The number of amides is 3. The number of para-hydroxylation sites is 1. The summed E-state index contributed by atoms with van der Waals surface area (Å²) < 4.78 is 7.17. The minimum absolute atomic E-state index is 0.0486. The van der Waals surface area contributed by atoms with E-state index in [0.29, 0.717) is 43.7 Å². The molecule has 0 spiro atoms. The molecule has 0 aliphatic carbocycles. The fourth-order valence-electron chi connectivity index (χ4n) is 4.74. The van der Waals surface area contributed by atoms with E-state index in [2.05, 4.69) is 16.0 Å². The fraction of sp³-hybridized carbons (Fsp3) is 0.562. The van der Waals surface area contributed by atoms with Crippen LogP contribution in [0.2, 0.25) is 0 Å². The number of anilines is 1. The molecule has 1 aromatic carbocycles. The predicted octanol–water partition coefficient (Wildman–Crippen LogP) is 3.77. The molecule has 12 nitrogen and oxygen atoms in total. The van der Waals surface area contributed by atoms with E-state index in [1.165, 1.54) is 0 Å². The van der Waals surface area contributed by atoms with Crippen molar-refractivity contribution in [2.75, 3.05) is 18.4 Å². The standard InChI is InChI=1S/C32H46N6O6/c1-7-23-36-28-29(38(23)20-32(5,6)43)21-13-10-11-14-22(21)35-30(28)37-25(40)15-9-8-12-18-33-26(41)19-34-24(39)16-17-27(42)44-31(2,3)4/h10-11,13-14,43H,7-9,12,15-20H2,1-6H3,(H,33,41)(H,34,39)(H,35,37,40). The van der Waals surface area contributed by atoms with Crippen molar-refractivity contribution in [1.82, 2.24) is 25.2 Å². The molecule has 0 aliphatic rings. The highest BCUT2D eigenvalue weighted by atomic mass is 16.6. The maximum absolute atomic E-state index is 12.9. The van der Waals surface area contributed by atoms with E-state index in [4.69, 9.17) is 14.7 Å². The average Bonchev–Trinajstić information content (AvgIpc) is 3.29. The third-order valence-electron chi connectivity index (χ3n) is 6.61. The van der Waals surface area contributed by atoms with Crippen molar-refractivity contribution < 1.29 is 29.0 Å². The molecule has 0 unspecified atom stereocenters. The number of rotatable bonds is 15. The maximum Gasteiger partial charge on any atom is 0.306 e. The van der Waals surface area contributed by atoms with Gasteiger partial charge in [-0.05, 0) is 53.5 Å². The first kappa shape index (κ1) is 34.4. The van der Waals surface area contributed by atoms with Gasteiger partial charge in [-0.15, -0.1) is 0 Å². The largest absolute Gasteiger partial charge is 0.460 e. The lowest BCUT2D eigenvalue weighted by atomic mass is 10.1. The van der Waals surface area contributed by atoms with Crippen molar-refractivity contribution in [3.8, 4) is 0 Å². The number of fused-ring (bicyclic) bond motifs is 3. The summed E-state index contributed by atoms with van der Waals surface area (Å²) in [5.41, 5.74) is 0.589. The van der Waals surface area contributed by atoms with Gasteiger partial charge in [-0.1, -0.05) is 31.5 Å². The highest BCUT2D eigenvalue weighted by molar-refractivity contribution is 6.09. The maximum atomic E-state index is 12.9. The summed E-state index contributed by atoms with van der Waals surface area (Å²) in [6.07, 6.45) is 2.85. The summed E-state index contributed by atoms with van der Waals surface area (Å²) >= 11 is 0. The molecule has 0 radical (unpaired) electrons. The van der Waals surface area contributed by atoms with Gasteiger partial charge in [0.15, 0.2) is 5.82 Å². The van der Waals surface area contributed by atoms with Crippen molar-refractivity contribution in [3.05, 3.63) is 30.1 Å². The van der Waals surface area contributed by atoms with Crippen molar-refractivity contribution in [1.29, 1.82) is 0 Å². The van der Waals surface area contributed by atoms with Crippen molar-refractivity contribution >= 4 is 51.4 Å². The molecule has 3 aromatic rings. The van der Waals surface area contributed by atoms with Gasteiger partial charge in [-0.3, -0.25) is 19.2 Å². The minimum Gasteiger partial charge on any atom is -0.460 e. The number of hydrogen-bond acceptors (Lipinski definition) is 8. The zero-order valence-corrected chi connectivity index (χ0v) is 26.7. The molecule has 0 saturated heterocycles. The molecule has 2 heterocycles. The molecule has 2 aromatic heterocycles. The molecule has 4 N–H and O–H groups in total. The van der Waals surface area contributed by atoms with Crippen molar-refractivity contribution in [2.45, 2.75) is 104 Å². The summed E-state index contributed by atoms with van der Waals surface area (Å²) in [4.78, 5) is 58.0. The normalized spacial score (nSPS) is 11.9. The van der Waals surface area contributed by atoms with E-state index in [1.54, 1.807) is 34.6 Å². The van der Waals surface area contributed by atoms with Crippen LogP contribution in [-0.4, -0.2) is 67.6 Å². The number of ether oxygens (including phenoxy) is 1. The molecular weight excluding hydrogens is 564 g/mol. The zero-order valence-electron chi connectivity index (χ0n) is 26.7. The highest BCUT2D eigenvalue weighted by Crippen LogP contribution is 2.31. The first-order valence-corrected chi connectivity index (χ1v) is 15.2. The van der Waals surface area contributed by atoms with Crippen LogP contribution in [0.15, 0.2) is 24.3 Å². The Kier molecular flexibility index (Phi) is 11.8. The number of pyridine rings is 1. The highest BCUT2D eigenvalue weighted by Gasteiger charge is 2.23. The smallest absolute Gasteiger partial charge is 0.306 e. The van der Waals surface area contributed by atoms with Gasteiger partial charge in [0, 0.05) is 31.2 Å². The molecule has 3 rings (SSSR count). The lowest BCUT2D eigenvalue weighted by molar-refractivity contribution is -0.155. The average molecular weight is 611 g/mol. The van der Waals surface area contributed by atoms with Crippen LogP contribution >= 0.6 is 0 Å². The Morgan fingerprint density at radius 1 is 0.886 bits per heavy atom. The molecule has 3 amide bonds. The van der Waals surface area contributed by atoms with Gasteiger partial charge in [0.2, 0.25) is 17.7 Å². The van der Waals surface area contributed by atoms with Crippen LogP contribution in [0.5, 0.6) is 0 Å². The Bertz CT molecular complexity index is 1480. The van der Waals surface area contributed by atoms with E-state index in [0.717, 1.165) is 28.7 Å². The topological polar surface area (TPSA) is 165 Å². The van der Waals surface area contributed by atoms with Gasteiger partial charge < -0.3 is 30.4 Å². The Labute approximate surface area is 258 Å². The molecule has 0 bridgehead atoms. The second kappa shape index (κ2) is 15.1. The molecule has 240 valence electrons. The Morgan fingerprint density at radius 3 is 2.30 bits per heavy atom. The monoisotopic (exact) mass is 610 g/mol. The van der Waals surface area contributed by atoms with Gasteiger partial charge >= 0.3 is 5.97 Å². The minimum atomic E-state index is -0.956. The molecule has 12 heteroatoms.